The summed E-state index contributed by atoms with van der Waals surface area (Å²) in [5.74, 6) is -0.866. The Labute approximate surface area is 162 Å². The third-order valence-electron chi connectivity index (χ3n) is 4.16. The number of nitro groups is 1. The van der Waals surface area contributed by atoms with Crippen LogP contribution in [0.3, 0.4) is 0 Å². The topological polar surface area (TPSA) is 119 Å². The molecule has 26 heavy (non-hydrogen) atoms. The molecule has 1 aromatic rings. The van der Waals surface area contributed by atoms with E-state index in [1.54, 1.807) is 4.90 Å². The molecule has 0 bridgehead atoms. The first kappa shape index (κ1) is 22.1. The van der Waals surface area contributed by atoms with Crippen molar-refractivity contribution in [3.05, 3.63) is 38.9 Å². The minimum absolute atomic E-state index is 0. The van der Waals surface area contributed by atoms with Crippen LogP contribution >= 0.6 is 24.0 Å². The number of rotatable bonds is 5. The van der Waals surface area contributed by atoms with Gasteiger partial charge < -0.3 is 16.0 Å². The van der Waals surface area contributed by atoms with Crippen LogP contribution in [0.1, 0.15) is 30.6 Å². The maximum Gasteiger partial charge on any atom is 0.270 e. The zero-order chi connectivity index (χ0) is 18.7. The van der Waals surface area contributed by atoms with Gasteiger partial charge in [0.05, 0.1) is 15.5 Å². The van der Waals surface area contributed by atoms with Gasteiger partial charge in [-0.1, -0.05) is 25.4 Å². The molecule has 10 heteroatoms. The number of halogens is 2. The van der Waals surface area contributed by atoms with Crippen LogP contribution in [-0.4, -0.2) is 46.8 Å². The maximum atomic E-state index is 12.7. The SMILES string of the molecule is CC(C)C(NC(=O)c1ccc([N+](=O)[O-])cc1Cl)C(=O)N1CC[C@@H](N)C1.Cl. The van der Waals surface area contributed by atoms with Gasteiger partial charge in [0.1, 0.15) is 6.04 Å². The standard InChI is InChI=1S/C16H21ClN4O4.ClH/c1-9(2)14(16(23)20-6-5-10(18)8-20)19-15(22)12-4-3-11(21(24)25)7-13(12)17;/h3-4,7,9-10,14H,5-6,8,18H2,1-2H3,(H,19,22);1H/t10-,14?;/m1./s1. The van der Waals surface area contributed by atoms with Crippen LogP contribution in [0.25, 0.3) is 0 Å². The van der Waals surface area contributed by atoms with Gasteiger partial charge in [-0.05, 0) is 18.4 Å². The lowest BCUT2D eigenvalue weighted by molar-refractivity contribution is -0.384. The van der Waals surface area contributed by atoms with Crippen molar-refractivity contribution in [1.29, 1.82) is 0 Å². The number of carbonyl (C=O) groups excluding carboxylic acids is 2. The van der Waals surface area contributed by atoms with E-state index in [0.29, 0.717) is 13.1 Å². The molecular weight excluding hydrogens is 383 g/mol. The number of non-ortho nitro benzene ring substituents is 1. The number of nitro benzene ring substituents is 1. The smallest absolute Gasteiger partial charge is 0.270 e. The second kappa shape index (κ2) is 9.16. The number of nitrogens with one attached hydrogen (secondary N) is 1. The van der Waals surface area contributed by atoms with Crippen molar-refractivity contribution < 1.29 is 14.5 Å². The summed E-state index contributed by atoms with van der Waals surface area (Å²) in [6.07, 6.45) is 0.735. The Balaban J connectivity index is 0.00000338. The van der Waals surface area contributed by atoms with Crippen LogP contribution in [0, 0.1) is 16.0 Å². The third kappa shape index (κ3) is 5.06. The van der Waals surface area contributed by atoms with Gasteiger partial charge in [0.15, 0.2) is 0 Å². The van der Waals surface area contributed by atoms with Gasteiger partial charge in [0, 0.05) is 31.3 Å². The molecule has 0 aromatic heterocycles. The van der Waals surface area contributed by atoms with E-state index in [1.165, 1.54) is 12.1 Å². The minimum atomic E-state index is -0.718. The summed E-state index contributed by atoms with van der Waals surface area (Å²) in [4.78, 5) is 36.9. The number of nitrogens with two attached hydrogens (primary N) is 1. The summed E-state index contributed by atoms with van der Waals surface area (Å²) in [7, 11) is 0. The van der Waals surface area contributed by atoms with Crippen LogP contribution in [0.2, 0.25) is 5.02 Å². The second-order valence-electron chi connectivity index (χ2n) is 6.45. The quantitative estimate of drug-likeness (QED) is 0.574. The van der Waals surface area contributed by atoms with E-state index in [-0.39, 0.29) is 46.5 Å². The van der Waals surface area contributed by atoms with Gasteiger partial charge in [0.25, 0.3) is 11.6 Å². The summed E-state index contributed by atoms with van der Waals surface area (Å²) in [5.41, 5.74) is 5.72. The fourth-order valence-electron chi connectivity index (χ4n) is 2.72. The van der Waals surface area contributed by atoms with Crippen molar-refractivity contribution in [3.63, 3.8) is 0 Å². The average Bonchev–Trinajstić information content (AvgIpc) is 2.97. The molecule has 0 aliphatic carbocycles. The molecule has 0 spiro atoms. The molecule has 1 aliphatic rings. The lowest BCUT2D eigenvalue weighted by Crippen LogP contribution is -2.51. The highest BCUT2D eigenvalue weighted by Gasteiger charge is 2.32. The van der Waals surface area contributed by atoms with E-state index in [0.717, 1.165) is 12.5 Å². The second-order valence-corrected chi connectivity index (χ2v) is 6.86. The van der Waals surface area contributed by atoms with Crippen LogP contribution in [0.4, 0.5) is 5.69 Å². The van der Waals surface area contributed by atoms with Crippen LogP contribution < -0.4 is 11.1 Å². The lowest BCUT2D eigenvalue weighted by atomic mass is 10.0. The van der Waals surface area contributed by atoms with Crippen molar-refractivity contribution in [2.45, 2.75) is 32.4 Å². The molecule has 0 saturated carbocycles. The normalized spacial score (nSPS) is 17.6. The van der Waals surface area contributed by atoms with Crippen molar-refractivity contribution >= 4 is 41.5 Å². The molecule has 0 radical (unpaired) electrons. The molecule has 2 rings (SSSR count). The number of amides is 2. The average molecular weight is 405 g/mol. The third-order valence-corrected chi connectivity index (χ3v) is 4.48. The summed E-state index contributed by atoms with van der Waals surface area (Å²) in [6.45, 7) is 4.69. The van der Waals surface area contributed by atoms with Gasteiger partial charge in [-0.2, -0.15) is 0 Å². The lowest BCUT2D eigenvalue weighted by Gasteiger charge is -2.27. The Hall–Kier alpha value is -1.90. The number of nitrogens with zero attached hydrogens (tertiary/aromatic N) is 2. The minimum Gasteiger partial charge on any atom is -0.340 e. The van der Waals surface area contributed by atoms with Gasteiger partial charge in [0.2, 0.25) is 5.91 Å². The molecule has 2 amide bonds. The van der Waals surface area contributed by atoms with Crippen molar-refractivity contribution in [3.8, 4) is 0 Å². The van der Waals surface area contributed by atoms with Gasteiger partial charge >= 0.3 is 0 Å². The molecule has 1 aliphatic heterocycles. The number of carbonyl (C=O) groups is 2. The van der Waals surface area contributed by atoms with Crippen molar-refractivity contribution in [1.82, 2.24) is 10.2 Å². The summed E-state index contributed by atoms with van der Waals surface area (Å²) < 4.78 is 0. The summed E-state index contributed by atoms with van der Waals surface area (Å²) in [6, 6.07) is 2.83. The van der Waals surface area contributed by atoms with Gasteiger partial charge in [-0.15, -0.1) is 12.4 Å². The van der Waals surface area contributed by atoms with Gasteiger partial charge in [-0.3, -0.25) is 19.7 Å². The Morgan fingerprint density at radius 2 is 2.08 bits per heavy atom. The van der Waals surface area contributed by atoms with E-state index < -0.39 is 16.9 Å². The molecule has 1 heterocycles. The summed E-state index contributed by atoms with van der Waals surface area (Å²) >= 11 is 5.98. The summed E-state index contributed by atoms with van der Waals surface area (Å²) in [5, 5.41) is 13.4. The molecular formula is C16H22Cl2N4O4. The molecule has 144 valence electrons. The number of likely N-dealkylation sites (tertiary alicyclic amines) is 1. The molecule has 1 fully saturated rings. The van der Waals surface area contributed by atoms with Crippen LogP contribution in [0.5, 0.6) is 0 Å². The molecule has 2 atom stereocenters. The zero-order valence-electron chi connectivity index (χ0n) is 14.5. The molecule has 1 aromatic carbocycles. The number of benzene rings is 1. The molecule has 8 nitrogen and oxygen atoms in total. The highest BCUT2D eigenvalue weighted by molar-refractivity contribution is 6.34. The fraction of sp³-hybridized carbons (Fsp3) is 0.500. The Morgan fingerprint density at radius 1 is 1.42 bits per heavy atom. The predicted octanol–water partition coefficient (Wildman–Crippen LogP) is 1.98. The van der Waals surface area contributed by atoms with Crippen LogP contribution in [0.15, 0.2) is 18.2 Å². The molecule has 1 unspecified atom stereocenters. The van der Waals surface area contributed by atoms with Crippen molar-refractivity contribution in [2.24, 2.45) is 11.7 Å². The molecule has 1 saturated heterocycles. The van der Waals surface area contributed by atoms with E-state index in [9.17, 15) is 19.7 Å². The maximum absolute atomic E-state index is 12.7. The van der Waals surface area contributed by atoms with E-state index in [2.05, 4.69) is 5.32 Å². The van der Waals surface area contributed by atoms with Gasteiger partial charge in [-0.25, -0.2) is 0 Å². The first-order valence-corrected chi connectivity index (χ1v) is 8.37. The first-order valence-electron chi connectivity index (χ1n) is 8.00. The predicted molar refractivity (Wildman–Crippen MR) is 101 cm³/mol. The largest absolute Gasteiger partial charge is 0.340 e. The Bertz CT molecular complexity index is 699. The number of hydrogen-bond acceptors (Lipinski definition) is 5. The van der Waals surface area contributed by atoms with E-state index in [1.807, 2.05) is 13.8 Å². The monoisotopic (exact) mass is 404 g/mol. The van der Waals surface area contributed by atoms with Crippen molar-refractivity contribution in [2.75, 3.05) is 13.1 Å². The Kier molecular flexibility index (Phi) is 7.80. The highest BCUT2D eigenvalue weighted by Crippen LogP contribution is 2.23. The first-order chi connectivity index (χ1) is 11.7. The highest BCUT2D eigenvalue weighted by atomic mass is 35.5. The number of hydrogen-bond donors (Lipinski definition) is 2. The Morgan fingerprint density at radius 3 is 2.54 bits per heavy atom. The van der Waals surface area contributed by atoms with Crippen LogP contribution in [-0.2, 0) is 4.79 Å². The zero-order valence-corrected chi connectivity index (χ0v) is 16.0. The fourth-order valence-corrected chi connectivity index (χ4v) is 2.98. The molecule has 3 N–H and O–H groups in total. The van der Waals surface area contributed by atoms with E-state index >= 15 is 0 Å². The van der Waals surface area contributed by atoms with E-state index in [4.69, 9.17) is 17.3 Å².